The molecule has 4 rings (SSSR count). The number of likely N-dealkylation sites (N-methyl/N-ethyl adjacent to an activating group) is 1. The molecule has 0 aliphatic carbocycles. The highest BCUT2D eigenvalue weighted by Crippen LogP contribution is 2.36. The average Bonchev–Trinajstić information content (AvgIpc) is 3.42. The number of anilines is 1. The molecule has 2 atom stereocenters. The highest BCUT2D eigenvalue weighted by atomic mass is 35.5. The Bertz CT molecular complexity index is 1280. The standard InChI is InChI=1S/C20H21ClFN5O4S2/c1-26-17(20(29)24-13-2-3-15(22)14(21)8-13)9-16(25-33(26,30)31)19-5-4-18(32-19)12-10-23-27(11-12)6-7-28/h2-5,8,10-11,16-17,25,28H,6-7,9H2,1H3,(H,24,29)/t16-,17+/m0/s1. The van der Waals surface area contributed by atoms with Gasteiger partial charge in [0.1, 0.15) is 11.9 Å². The van der Waals surface area contributed by atoms with Crippen LogP contribution < -0.4 is 10.0 Å². The number of carbonyl (C=O) groups is 1. The van der Waals surface area contributed by atoms with Gasteiger partial charge in [-0.25, -0.2) is 4.39 Å². The first-order chi connectivity index (χ1) is 15.7. The molecule has 1 aliphatic rings. The summed E-state index contributed by atoms with van der Waals surface area (Å²) in [5.41, 5.74) is 1.11. The van der Waals surface area contributed by atoms with Crippen molar-refractivity contribution < 1.29 is 22.7 Å². The minimum Gasteiger partial charge on any atom is -0.394 e. The van der Waals surface area contributed by atoms with E-state index in [2.05, 4.69) is 15.1 Å². The number of benzene rings is 1. The van der Waals surface area contributed by atoms with Crippen molar-refractivity contribution >= 4 is 44.7 Å². The Morgan fingerprint density at radius 3 is 2.91 bits per heavy atom. The quantitative estimate of drug-likeness (QED) is 0.468. The number of hydrogen-bond donors (Lipinski definition) is 3. The summed E-state index contributed by atoms with van der Waals surface area (Å²) in [5, 5.41) is 15.7. The van der Waals surface area contributed by atoms with Crippen LogP contribution in [-0.4, -0.2) is 53.2 Å². The number of nitrogens with one attached hydrogen (secondary N) is 2. The molecule has 1 saturated heterocycles. The summed E-state index contributed by atoms with van der Waals surface area (Å²) in [6.45, 7) is 0.352. The Morgan fingerprint density at radius 2 is 2.18 bits per heavy atom. The van der Waals surface area contributed by atoms with Crippen molar-refractivity contribution in [2.45, 2.75) is 25.0 Å². The normalized spacial score (nSPS) is 20.6. The third kappa shape index (κ3) is 5.10. The lowest BCUT2D eigenvalue weighted by Crippen LogP contribution is -2.55. The Labute approximate surface area is 199 Å². The van der Waals surface area contributed by atoms with E-state index in [0.717, 1.165) is 25.7 Å². The van der Waals surface area contributed by atoms with Gasteiger partial charge in [-0.05, 0) is 36.8 Å². The van der Waals surface area contributed by atoms with Gasteiger partial charge in [-0.3, -0.25) is 9.48 Å². The monoisotopic (exact) mass is 513 g/mol. The summed E-state index contributed by atoms with van der Waals surface area (Å²) >= 11 is 7.17. The number of thiophene rings is 1. The van der Waals surface area contributed by atoms with E-state index in [1.807, 2.05) is 12.1 Å². The van der Waals surface area contributed by atoms with Crippen molar-refractivity contribution in [3.05, 3.63) is 58.4 Å². The van der Waals surface area contributed by atoms with E-state index in [1.165, 1.54) is 30.5 Å². The Morgan fingerprint density at radius 1 is 1.39 bits per heavy atom. The van der Waals surface area contributed by atoms with Crippen LogP contribution in [0.2, 0.25) is 5.02 Å². The molecule has 1 aliphatic heterocycles. The summed E-state index contributed by atoms with van der Waals surface area (Å²) in [6.07, 6.45) is 3.67. The first-order valence-electron chi connectivity index (χ1n) is 9.92. The van der Waals surface area contributed by atoms with Crippen LogP contribution in [0.4, 0.5) is 10.1 Å². The summed E-state index contributed by atoms with van der Waals surface area (Å²) in [6, 6.07) is 5.84. The van der Waals surface area contributed by atoms with Crippen LogP contribution in [0.1, 0.15) is 17.3 Å². The number of amides is 1. The molecule has 3 heterocycles. The first-order valence-corrected chi connectivity index (χ1v) is 12.6. The zero-order valence-electron chi connectivity index (χ0n) is 17.4. The average molecular weight is 514 g/mol. The fraction of sp³-hybridized carbons (Fsp3) is 0.300. The van der Waals surface area contributed by atoms with Crippen molar-refractivity contribution in [2.24, 2.45) is 0 Å². The molecule has 13 heteroatoms. The van der Waals surface area contributed by atoms with Gasteiger partial charge in [0.05, 0.1) is 30.4 Å². The van der Waals surface area contributed by atoms with Crippen LogP contribution in [0.5, 0.6) is 0 Å². The lowest BCUT2D eigenvalue weighted by atomic mass is 10.1. The molecule has 1 fully saturated rings. The van der Waals surface area contributed by atoms with Crippen LogP contribution >= 0.6 is 22.9 Å². The summed E-state index contributed by atoms with van der Waals surface area (Å²) in [4.78, 5) is 14.6. The molecule has 3 N–H and O–H groups in total. The molecule has 1 aromatic carbocycles. The third-order valence-electron chi connectivity index (χ3n) is 5.28. The Hall–Kier alpha value is -2.35. The molecule has 0 bridgehead atoms. The lowest BCUT2D eigenvalue weighted by Gasteiger charge is -2.35. The predicted molar refractivity (Wildman–Crippen MR) is 124 cm³/mol. The zero-order chi connectivity index (χ0) is 23.8. The Balaban J connectivity index is 1.54. The summed E-state index contributed by atoms with van der Waals surface area (Å²) < 4.78 is 44.1. The molecule has 3 aromatic rings. The number of aromatic nitrogens is 2. The van der Waals surface area contributed by atoms with E-state index in [1.54, 1.807) is 17.1 Å². The fourth-order valence-electron chi connectivity index (χ4n) is 3.51. The minimum absolute atomic E-state index is 0.0260. The molecule has 0 saturated carbocycles. The van der Waals surface area contributed by atoms with Crippen LogP contribution in [0.3, 0.4) is 0 Å². The van der Waals surface area contributed by atoms with Gasteiger partial charge in [-0.2, -0.15) is 22.5 Å². The maximum Gasteiger partial charge on any atom is 0.280 e. The van der Waals surface area contributed by atoms with Gasteiger partial charge in [-0.15, -0.1) is 11.3 Å². The lowest BCUT2D eigenvalue weighted by molar-refractivity contribution is -0.120. The van der Waals surface area contributed by atoms with E-state index in [-0.39, 0.29) is 23.7 Å². The molecular weight excluding hydrogens is 493 g/mol. The topological polar surface area (TPSA) is 117 Å². The highest BCUT2D eigenvalue weighted by molar-refractivity contribution is 7.87. The van der Waals surface area contributed by atoms with Gasteiger partial charge in [0, 0.05) is 34.2 Å². The second-order valence-electron chi connectivity index (χ2n) is 7.48. The molecule has 1 amide bonds. The number of aliphatic hydroxyl groups excluding tert-OH is 1. The molecule has 0 radical (unpaired) electrons. The van der Waals surface area contributed by atoms with Gasteiger partial charge in [0.25, 0.3) is 10.2 Å². The van der Waals surface area contributed by atoms with Crippen molar-refractivity contribution in [1.82, 2.24) is 18.8 Å². The molecule has 0 unspecified atom stereocenters. The molecule has 2 aromatic heterocycles. The SMILES string of the molecule is CN1[C@@H](C(=O)Nc2ccc(F)c(Cl)c2)C[C@@H](c2ccc(-c3cnn(CCO)c3)s2)NS1(=O)=O. The maximum atomic E-state index is 13.4. The molecular formula is C20H21ClFN5O4S2. The van der Waals surface area contributed by atoms with Gasteiger partial charge < -0.3 is 10.4 Å². The van der Waals surface area contributed by atoms with Crippen LogP contribution in [0, 0.1) is 5.82 Å². The van der Waals surface area contributed by atoms with Crippen LogP contribution in [0.25, 0.3) is 10.4 Å². The van der Waals surface area contributed by atoms with Crippen molar-refractivity contribution in [3.63, 3.8) is 0 Å². The van der Waals surface area contributed by atoms with E-state index in [4.69, 9.17) is 16.7 Å². The Kier molecular flexibility index (Phi) is 6.84. The first kappa shape index (κ1) is 23.8. The number of hydrogen-bond acceptors (Lipinski definition) is 6. The van der Waals surface area contributed by atoms with Crippen molar-refractivity contribution in [1.29, 1.82) is 0 Å². The molecule has 0 spiro atoms. The van der Waals surface area contributed by atoms with E-state index >= 15 is 0 Å². The van der Waals surface area contributed by atoms with E-state index in [9.17, 15) is 17.6 Å². The number of carbonyl (C=O) groups excluding carboxylic acids is 1. The van der Waals surface area contributed by atoms with Crippen LogP contribution in [0.15, 0.2) is 42.7 Å². The summed E-state index contributed by atoms with van der Waals surface area (Å²) in [7, 11) is -2.59. The fourth-order valence-corrected chi connectivity index (χ4v) is 6.07. The van der Waals surface area contributed by atoms with Gasteiger partial charge >= 0.3 is 0 Å². The highest BCUT2D eigenvalue weighted by Gasteiger charge is 2.41. The van der Waals surface area contributed by atoms with Gasteiger partial charge in [-0.1, -0.05) is 11.6 Å². The molecule has 9 nitrogen and oxygen atoms in total. The zero-order valence-corrected chi connectivity index (χ0v) is 19.8. The number of halogens is 2. The largest absolute Gasteiger partial charge is 0.394 e. The van der Waals surface area contributed by atoms with Gasteiger partial charge in [0.2, 0.25) is 5.91 Å². The predicted octanol–water partition coefficient (Wildman–Crippen LogP) is 2.61. The van der Waals surface area contributed by atoms with Crippen molar-refractivity contribution in [2.75, 3.05) is 19.0 Å². The second kappa shape index (κ2) is 9.49. The van der Waals surface area contributed by atoms with Gasteiger partial charge in [0.15, 0.2) is 0 Å². The third-order valence-corrected chi connectivity index (χ3v) is 8.41. The summed E-state index contributed by atoms with van der Waals surface area (Å²) in [5.74, 6) is -1.16. The molecule has 33 heavy (non-hydrogen) atoms. The minimum atomic E-state index is -3.92. The second-order valence-corrected chi connectivity index (χ2v) is 10.8. The van der Waals surface area contributed by atoms with E-state index in [0.29, 0.717) is 6.54 Å². The van der Waals surface area contributed by atoms with Crippen molar-refractivity contribution in [3.8, 4) is 10.4 Å². The smallest absolute Gasteiger partial charge is 0.280 e. The number of aliphatic hydroxyl groups is 1. The number of nitrogens with zero attached hydrogens (tertiary/aromatic N) is 3. The number of rotatable bonds is 6. The molecule has 176 valence electrons. The van der Waals surface area contributed by atoms with E-state index < -0.39 is 34.0 Å². The van der Waals surface area contributed by atoms with Crippen LogP contribution in [-0.2, 0) is 21.5 Å². The maximum absolute atomic E-state index is 13.4.